The number of rotatable bonds is 6. The van der Waals surface area contributed by atoms with Gasteiger partial charge in [-0.05, 0) is 30.5 Å². The van der Waals surface area contributed by atoms with E-state index in [0.717, 1.165) is 18.3 Å². The van der Waals surface area contributed by atoms with E-state index in [9.17, 15) is 14.4 Å². The first-order chi connectivity index (χ1) is 10.6. The number of likely N-dealkylation sites (tertiary alicyclic amines) is 1. The summed E-state index contributed by atoms with van der Waals surface area (Å²) in [7, 11) is 0. The summed E-state index contributed by atoms with van der Waals surface area (Å²) in [6.07, 6.45) is 2.58. The molecule has 118 valence electrons. The molecule has 0 saturated carbocycles. The van der Waals surface area contributed by atoms with E-state index < -0.39 is 6.04 Å². The first-order valence-corrected chi connectivity index (χ1v) is 7.75. The van der Waals surface area contributed by atoms with E-state index in [1.54, 1.807) is 17.0 Å². The second-order valence-corrected chi connectivity index (χ2v) is 5.73. The Morgan fingerprint density at radius 3 is 2.73 bits per heavy atom. The highest BCUT2D eigenvalue weighted by Gasteiger charge is 2.33. The van der Waals surface area contributed by atoms with Crippen LogP contribution in [0.2, 0.25) is 5.02 Å². The fourth-order valence-corrected chi connectivity index (χ4v) is 2.70. The first-order valence-electron chi connectivity index (χ1n) is 7.37. The van der Waals surface area contributed by atoms with Crippen molar-refractivity contribution in [3.63, 3.8) is 0 Å². The molecular weight excluding hydrogens is 304 g/mol. The van der Waals surface area contributed by atoms with Crippen molar-refractivity contribution in [3.05, 3.63) is 34.9 Å². The first kappa shape index (κ1) is 16.5. The zero-order chi connectivity index (χ0) is 15.9. The maximum absolute atomic E-state index is 12.3. The quantitative estimate of drug-likeness (QED) is 0.814. The second kappa shape index (κ2) is 7.94. The molecule has 1 aromatic rings. The molecule has 1 unspecified atom stereocenters. The van der Waals surface area contributed by atoms with E-state index >= 15 is 0 Å². The number of nitrogens with one attached hydrogen (secondary N) is 1. The lowest BCUT2D eigenvalue weighted by Gasteiger charge is -2.23. The predicted octanol–water partition coefficient (Wildman–Crippen LogP) is 1.93. The molecule has 1 aromatic carbocycles. The summed E-state index contributed by atoms with van der Waals surface area (Å²) in [6, 6.07) is 6.82. The van der Waals surface area contributed by atoms with Crippen LogP contribution in [0, 0.1) is 0 Å². The molecular formula is C16H19ClN2O3. The van der Waals surface area contributed by atoms with Crippen LogP contribution < -0.4 is 5.32 Å². The Morgan fingerprint density at radius 2 is 2.05 bits per heavy atom. The lowest BCUT2D eigenvalue weighted by molar-refractivity contribution is -0.138. The fraction of sp³-hybridized carbons (Fsp3) is 0.438. The van der Waals surface area contributed by atoms with Gasteiger partial charge in [0.2, 0.25) is 11.8 Å². The molecule has 1 fully saturated rings. The number of aldehydes is 1. The molecule has 1 N–H and O–H groups in total. The Hall–Kier alpha value is -1.88. The molecule has 6 heteroatoms. The molecule has 5 nitrogen and oxygen atoms in total. The van der Waals surface area contributed by atoms with E-state index in [-0.39, 0.29) is 24.7 Å². The number of hydrogen-bond donors (Lipinski definition) is 1. The fourth-order valence-electron chi connectivity index (χ4n) is 2.57. The van der Waals surface area contributed by atoms with Crippen LogP contribution in [0.4, 0.5) is 0 Å². The molecule has 1 aliphatic rings. The van der Waals surface area contributed by atoms with Crippen LogP contribution in [-0.2, 0) is 20.9 Å². The molecule has 0 aromatic heterocycles. The number of benzene rings is 1. The smallest absolute Gasteiger partial charge is 0.243 e. The monoisotopic (exact) mass is 322 g/mol. The van der Waals surface area contributed by atoms with Crippen LogP contribution >= 0.6 is 11.6 Å². The summed E-state index contributed by atoms with van der Waals surface area (Å²) in [5, 5.41) is 3.51. The lowest BCUT2D eigenvalue weighted by atomic mass is 10.1. The van der Waals surface area contributed by atoms with Gasteiger partial charge in [0, 0.05) is 31.0 Å². The highest BCUT2D eigenvalue weighted by molar-refractivity contribution is 6.30. The summed E-state index contributed by atoms with van der Waals surface area (Å²) < 4.78 is 0. The molecule has 1 heterocycles. The standard InChI is InChI=1S/C16H19ClN2O3/c17-13-7-5-12(6-8-13)11-18-16(22)14-3-1-9-19(14)15(21)4-2-10-20/h5-8,10,14H,1-4,9,11H2,(H,18,22). The normalized spacial score (nSPS) is 17.3. The van der Waals surface area contributed by atoms with E-state index in [2.05, 4.69) is 5.32 Å². The van der Waals surface area contributed by atoms with Gasteiger partial charge in [-0.15, -0.1) is 0 Å². The Bertz CT molecular complexity index is 545. The highest BCUT2D eigenvalue weighted by Crippen LogP contribution is 2.19. The van der Waals surface area contributed by atoms with E-state index in [1.165, 1.54) is 0 Å². The van der Waals surface area contributed by atoms with E-state index in [4.69, 9.17) is 11.6 Å². The average Bonchev–Trinajstić information content (AvgIpc) is 3.01. The molecule has 22 heavy (non-hydrogen) atoms. The number of hydrogen-bond acceptors (Lipinski definition) is 3. The van der Waals surface area contributed by atoms with Crippen molar-refractivity contribution >= 4 is 29.7 Å². The van der Waals surface area contributed by atoms with Crippen molar-refractivity contribution in [2.45, 2.75) is 38.3 Å². The third kappa shape index (κ3) is 4.31. The molecule has 0 bridgehead atoms. The maximum Gasteiger partial charge on any atom is 0.243 e. The van der Waals surface area contributed by atoms with Gasteiger partial charge in [-0.2, -0.15) is 0 Å². The molecule has 1 atom stereocenters. The molecule has 2 amide bonds. The summed E-state index contributed by atoms with van der Waals surface area (Å²) in [4.78, 5) is 36.2. The zero-order valence-corrected chi connectivity index (χ0v) is 13.0. The summed E-state index contributed by atoms with van der Waals surface area (Å²) in [5.41, 5.74) is 0.953. The molecule has 0 radical (unpaired) electrons. The number of carbonyl (C=O) groups is 3. The van der Waals surface area contributed by atoms with Crippen molar-refractivity contribution in [1.82, 2.24) is 10.2 Å². The SMILES string of the molecule is O=CCCC(=O)N1CCCC1C(=O)NCc1ccc(Cl)cc1. The number of nitrogens with zero attached hydrogens (tertiary/aromatic N) is 1. The van der Waals surface area contributed by atoms with Crippen molar-refractivity contribution in [2.24, 2.45) is 0 Å². The Balaban J connectivity index is 1.89. The number of carbonyl (C=O) groups excluding carboxylic acids is 3. The number of halogens is 1. The Morgan fingerprint density at radius 1 is 1.32 bits per heavy atom. The van der Waals surface area contributed by atoms with Gasteiger partial charge >= 0.3 is 0 Å². The molecule has 0 spiro atoms. The van der Waals surface area contributed by atoms with Crippen molar-refractivity contribution in [3.8, 4) is 0 Å². The third-order valence-corrected chi connectivity index (χ3v) is 3.98. The van der Waals surface area contributed by atoms with Crippen LogP contribution in [0.25, 0.3) is 0 Å². The molecule has 0 aliphatic carbocycles. The van der Waals surface area contributed by atoms with Crippen molar-refractivity contribution < 1.29 is 14.4 Å². The molecule has 2 rings (SSSR count). The van der Waals surface area contributed by atoms with Crippen molar-refractivity contribution in [2.75, 3.05) is 6.54 Å². The average molecular weight is 323 g/mol. The number of amides is 2. The Labute approximate surface area is 134 Å². The van der Waals surface area contributed by atoms with Crippen LogP contribution in [-0.4, -0.2) is 35.6 Å². The predicted molar refractivity (Wildman–Crippen MR) is 83.3 cm³/mol. The minimum atomic E-state index is -0.425. The van der Waals surface area contributed by atoms with Gasteiger partial charge in [0.05, 0.1) is 0 Å². The van der Waals surface area contributed by atoms with Crippen molar-refractivity contribution in [1.29, 1.82) is 0 Å². The largest absolute Gasteiger partial charge is 0.350 e. The maximum atomic E-state index is 12.3. The van der Waals surface area contributed by atoms with Gasteiger partial charge in [0.25, 0.3) is 0 Å². The summed E-state index contributed by atoms with van der Waals surface area (Å²) in [6.45, 7) is 0.986. The van der Waals surface area contributed by atoms with Gasteiger partial charge in [0.1, 0.15) is 12.3 Å². The van der Waals surface area contributed by atoms with E-state index in [1.807, 2.05) is 12.1 Å². The van der Waals surface area contributed by atoms with Crippen LogP contribution in [0.1, 0.15) is 31.2 Å². The van der Waals surface area contributed by atoms with Crippen LogP contribution in [0.3, 0.4) is 0 Å². The van der Waals surface area contributed by atoms with Gasteiger partial charge in [-0.3, -0.25) is 9.59 Å². The van der Waals surface area contributed by atoms with Gasteiger partial charge in [-0.25, -0.2) is 0 Å². The highest BCUT2D eigenvalue weighted by atomic mass is 35.5. The van der Waals surface area contributed by atoms with Gasteiger partial charge in [-0.1, -0.05) is 23.7 Å². The Kier molecular flexibility index (Phi) is 5.95. The van der Waals surface area contributed by atoms with Crippen LogP contribution in [0.5, 0.6) is 0 Å². The summed E-state index contributed by atoms with van der Waals surface area (Å²) >= 11 is 5.82. The van der Waals surface area contributed by atoms with Gasteiger partial charge in [0.15, 0.2) is 0 Å². The van der Waals surface area contributed by atoms with Gasteiger partial charge < -0.3 is 15.0 Å². The minimum Gasteiger partial charge on any atom is -0.350 e. The van der Waals surface area contributed by atoms with E-state index in [0.29, 0.717) is 24.5 Å². The summed E-state index contributed by atoms with van der Waals surface area (Å²) in [5.74, 6) is -0.275. The topological polar surface area (TPSA) is 66.5 Å². The second-order valence-electron chi connectivity index (χ2n) is 5.29. The van der Waals surface area contributed by atoms with Crippen LogP contribution in [0.15, 0.2) is 24.3 Å². The third-order valence-electron chi connectivity index (χ3n) is 3.73. The lowest BCUT2D eigenvalue weighted by Crippen LogP contribution is -2.45. The zero-order valence-electron chi connectivity index (χ0n) is 12.3. The molecule has 1 aliphatic heterocycles. The molecule has 1 saturated heterocycles. The minimum absolute atomic E-state index is 0.128.